The Morgan fingerprint density at radius 1 is 1.26 bits per heavy atom. The minimum Gasteiger partial charge on any atom is -0.364 e. The van der Waals surface area contributed by atoms with E-state index in [2.05, 4.69) is 66.3 Å². The monoisotopic (exact) mass is 261 g/mol. The Morgan fingerprint density at radius 3 is 2.58 bits per heavy atom. The molecule has 1 heterocycles. The quantitative estimate of drug-likeness (QED) is 0.896. The summed E-state index contributed by atoms with van der Waals surface area (Å²) in [7, 11) is 4.28. The predicted octanol–water partition coefficient (Wildman–Crippen LogP) is 2.20. The largest absolute Gasteiger partial charge is 0.364 e. The summed E-state index contributed by atoms with van der Waals surface area (Å²) < 4.78 is 0. The number of likely N-dealkylation sites (N-methyl/N-ethyl adjacent to an activating group) is 1. The first-order valence-corrected chi connectivity index (χ1v) is 7.22. The van der Waals surface area contributed by atoms with Crippen LogP contribution < -0.4 is 10.2 Å². The lowest BCUT2D eigenvalue weighted by molar-refractivity contribution is 0.144. The van der Waals surface area contributed by atoms with Gasteiger partial charge in [-0.25, -0.2) is 0 Å². The topological polar surface area (TPSA) is 18.5 Å². The number of nitrogens with zero attached hydrogens (tertiary/aromatic N) is 2. The summed E-state index contributed by atoms with van der Waals surface area (Å²) in [6.07, 6.45) is 1.20. The van der Waals surface area contributed by atoms with Crippen molar-refractivity contribution in [3.63, 3.8) is 0 Å². The van der Waals surface area contributed by atoms with Crippen molar-refractivity contribution >= 4 is 5.69 Å². The molecule has 19 heavy (non-hydrogen) atoms. The molecule has 2 rings (SSSR count). The van der Waals surface area contributed by atoms with E-state index in [0.717, 1.165) is 19.6 Å². The number of hydrogen-bond acceptors (Lipinski definition) is 3. The molecule has 1 atom stereocenters. The van der Waals surface area contributed by atoms with Gasteiger partial charge in [-0.1, -0.05) is 18.2 Å². The molecule has 0 aliphatic carbocycles. The van der Waals surface area contributed by atoms with E-state index < -0.39 is 0 Å². The molecule has 1 aromatic carbocycles. The Bertz CT molecular complexity index is 388. The first kappa shape index (κ1) is 14.4. The minimum absolute atomic E-state index is 0.187. The third-order valence-corrected chi connectivity index (χ3v) is 4.18. The third kappa shape index (κ3) is 3.28. The fraction of sp³-hybridized carbons (Fsp3) is 0.625. The SMILES string of the molecule is CNCCC1CN(c2ccccc2)C(C)(C)CN1C. The van der Waals surface area contributed by atoms with Gasteiger partial charge in [0.1, 0.15) is 0 Å². The van der Waals surface area contributed by atoms with Crippen molar-refractivity contribution in [3.8, 4) is 0 Å². The molecule has 0 saturated carbocycles. The van der Waals surface area contributed by atoms with Gasteiger partial charge in [0.2, 0.25) is 0 Å². The van der Waals surface area contributed by atoms with Crippen LogP contribution in [0.2, 0.25) is 0 Å². The summed E-state index contributed by atoms with van der Waals surface area (Å²) >= 11 is 0. The minimum atomic E-state index is 0.187. The standard InChI is InChI=1S/C16H27N3/c1-16(2)13-18(4)15(10-11-17-3)12-19(16)14-8-6-5-7-9-14/h5-9,15,17H,10-13H2,1-4H3. The molecule has 106 valence electrons. The molecule has 1 saturated heterocycles. The van der Waals surface area contributed by atoms with Gasteiger partial charge in [0, 0.05) is 30.4 Å². The second-order valence-corrected chi connectivity index (χ2v) is 6.22. The molecule has 1 N–H and O–H groups in total. The summed E-state index contributed by atoms with van der Waals surface area (Å²) in [6.45, 7) is 7.97. The lowest BCUT2D eigenvalue weighted by Crippen LogP contribution is -2.62. The molecule has 3 nitrogen and oxygen atoms in total. The maximum Gasteiger partial charge on any atom is 0.0473 e. The number of rotatable bonds is 4. The van der Waals surface area contributed by atoms with E-state index in [1.54, 1.807) is 0 Å². The maximum atomic E-state index is 3.27. The molecule has 0 radical (unpaired) electrons. The molecule has 1 aliphatic heterocycles. The highest BCUT2D eigenvalue weighted by Crippen LogP contribution is 2.30. The number of anilines is 1. The average molecular weight is 261 g/mol. The van der Waals surface area contributed by atoms with Crippen LogP contribution in [-0.4, -0.2) is 50.2 Å². The number of hydrogen-bond donors (Lipinski definition) is 1. The third-order valence-electron chi connectivity index (χ3n) is 4.18. The lowest BCUT2D eigenvalue weighted by Gasteiger charge is -2.51. The van der Waals surface area contributed by atoms with E-state index in [4.69, 9.17) is 0 Å². The number of para-hydroxylation sites is 1. The van der Waals surface area contributed by atoms with Crippen LogP contribution in [0.15, 0.2) is 30.3 Å². The van der Waals surface area contributed by atoms with Crippen molar-refractivity contribution in [2.75, 3.05) is 38.6 Å². The average Bonchev–Trinajstić information content (AvgIpc) is 2.38. The molecule has 0 bridgehead atoms. The highest BCUT2D eigenvalue weighted by atomic mass is 15.3. The molecule has 1 aromatic rings. The Balaban J connectivity index is 2.16. The van der Waals surface area contributed by atoms with Crippen LogP contribution >= 0.6 is 0 Å². The van der Waals surface area contributed by atoms with Crippen LogP contribution in [0.25, 0.3) is 0 Å². The number of piperazine rings is 1. The van der Waals surface area contributed by atoms with Gasteiger partial charge >= 0.3 is 0 Å². The van der Waals surface area contributed by atoms with Crippen molar-refractivity contribution in [2.24, 2.45) is 0 Å². The van der Waals surface area contributed by atoms with Gasteiger partial charge in [-0.2, -0.15) is 0 Å². The van der Waals surface area contributed by atoms with Gasteiger partial charge in [-0.05, 0) is 53.0 Å². The van der Waals surface area contributed by atoms with E-state index in [9.17, 15) is 0 Å². The highest BCUT2D eigenvalue weighted by molar-refractivity contribution is 5.49. The lowest BCUT2D eigenvalue weighted by atomic mass is 9.94. The molecular formula is C16H27N3. The number of nitrogens with one attached hydrogen (secondary N) is 1. The summed E-state index contributed by atoms with van der Waals surface area (Å²) in [5.41, 5.74) is 1.53. The Kier molecular flexibility index (Phi) is 4.48. The van der Waals surface area contributed by atoms with Crippen molar-refractivity contribution < 1.29 is 0 Å². The van der Waals surface area contributed by atoms with Gasteiger partial charge in [-0.3, -0.25) is 4.90 Å². The van der Waals surface area contributed by atoms with Crippen molar-refractivity contribution in [1.82, 2.24) is 10.2 Å². The summed E-state index contributed by atoms with van der Waals surface area (Å²) in [5, 5.41) is 3.27. The Labute approximate surface area is 117 Å². The predicted molar refractivity (Wildman–Crippen MR) is 82.8 cm³/mol. The van der Waals surface area contributed by atoms with Crippen molar-refractivity contribution in [3.05, 3.63) is 30.3 Å². The number of benzene rings is 1. The van der Waals surface area contributed by atoms with Crippen LogP contribution in [0.3, 0.4) is 0 Å². The highest BCUT2D eigenvalue weighted by Gasteiger charge is 2.36. The Morgan fingerprint density at radius 2 is 1.95 bits per heavy atom. The second-order valence-electron chi connectivity index (χ2n) is 6.22. The van der Waals surface area contributed by atoms with Crippen LogP contribution in [0.5, 0.6) is 0 Å². The smallest absolute Gasteiger partial charge is 0.0473 e. The molecule has 1 aliphatic rings. The van der Waals surface area contributed by atoms with Gasteiger partial charge < -0.3 is 10.2 Å². The van der Waals surface area contributed by atoms with Crippen LogP contribution in [0, 0.1) is 0 Å². The zero-order valence-corrected chi connectivity index (χ0v) is 12.7. The first-order valence-electron chi connectivity index (χ1n) is 7.22. The molecule has 1 fully saturated rings. The Hall–Kier alpha value is -1.06. The first-order chi connectivity index (χ1) is 9.04. The molecular weight excluding hydrogens is 234 g/mol. The fourth-order valence-corrected chi connectivity index (χ4v) is 3.11. The zero-order chi connectivity index (χ0) is 13.9. The van der Waals surface area contributed by atoms with E-state index >= 15 is 0 Å². The van der Waals surface area contributed by atoms with E-state index in [1.165, 1.54) is 12.1 Å². The van der Waals surface area contributed by atoms with Crippen molar-refractivity contribution in [2.45, 2.75) is 31.8 Å². The van der Waals surface area contributed by atoms with Gasteiger partial charge in [0.15, 0.2) is 0 Å². The van der Waals surface area contributed by atoms with E-state index in [-0.39, 0.29) is 5.54 Å². The van der Waals surface area contributed by atoms with Gasteiger partial charge in [0.25, 0.3) is 0 Å². The van der Waals surface area contributed by atoms with Crippen molar-refractivity contribution in [1.29, 1.82) is 0 Å². The molecule has 0 spiro atoms. The van der Waals surface area contributed by atoms with Gasteiger partial charge in [-0.15, -0.1) is 0 Å². The molecule has 1 unspecified atom stereocenters. The zero-order valence-electron chi connectivity index (χ0n) is 12.7. The molecule has 0 amide bonds. The summed E-state index contributed by atoms with van der Waals surface area (Å²) in [4.78, 5) is 5.07. The molecule has 3 heteroatoms. The second kappa shape index (κ2) is 5.93. The van der Waals surface area contributed by atoms with E-state index in [1.807, 2.05) is 7.05 Å². The van der Waals surface area contributed by atoms with Crippen LogP contribution in [-0.2, 0) is 0 Å². The summed E-state index contributed by atoms with van der Waals surface area (Å²) in [6, 6.07) is 11.4. The fourth-order valence-electron chi connectivity index (χ4n) is 3.11. The maximum absolute atomic E-state index is 3.27. The van der Waals surface area contributed by atoms with Crippen LogP contribution in [0.4, 0.5) is 5.69 Å². The molecule has 0 aromatic heterocycles. The summed E-state index contributed by atoms with van der Waals surface area (Å²) in [5.74, 6) is 0. The van der Waals surface area contributed by atoms with Crippen LogP contribution in [0.1, 0.15) is 20.3 Å². The normalized spacial score (nSPS) is 23.6. The van der Waals surface area contributed by atoms with Gasteiger partial charge in [0.05, 0.1) is 0 Å². The van der Waals surface area contributed by atoms with E-state index in [0.29, 0.717) is 6.04 Å².